The number of nitrogens with zero attached hydrogens (tertiary/aromatic N) is 3. The minimum Gasteiger partial charge on any atom is -0.495 e. The molecule has 4 aromatic rings. The summed E-state index contributed by atoms with van der Waals surface area (Å²) in [5, 5.41) is 10.0. The van der Waals surface area contributed by atoms with Crippen molar-refractivity contribution in [1.82, 2.24) is 9.55 Å². The van der Waals surface area contributed by atoms with E-state index in [1.165, 1.54) is 26.2 Å². The first-order valence-electron chi connectivity index (χ1n) is 12.5. The van der Waals surface area contributed by atoms with Gasteiger partial charge >= 0.3 is 5.97 Å². The first kappa shape index (κ1) is 26.6. The zero-order chi connectivity index (χ0) is 27.9. The Balaban J connectivity index is 1.86. The van der Waals surface area contributed by atoms with Gasteiger partial charge in [-0.2, -0.15) is 0 Å². The van der Waals surface area contributed by atoms with Gasteiger partial charge in [0.2, 0.25) is 5.91 Å². The summed E-state index contributed by atoms with van der Waals surface area (Å²) in [7, 11) is 1.40. The number of aromatic nitrogens is 2. The van der Waals surface area contributed by atoms with Gasteiger partial charge in [0.15, 0.2) is 11.6 Å². The SMILES string of the molecule is COc1cc(C(=O)O)ccc1N(C(C)=O)C1(n2c(-c3ccc(Cl)cc3)nc3cc(F)c(F)cc32)CCCCC1. The number of benzene rings is 3. The van der Waals surface area contributed by atoms with Crippen molar-refractivity contribution in [2.75, 3.05) is 12.0 Å². The molecule has 0 bridgehead atoms. The number of amides is 1. The molecule has 1 N–H and O–H groups in total. The summed E-state index contributed by atoms with van der Waals surface area (Å²) in [6.45, 7) is 1.42. The Morgan fingerprint density at radius 3 is 2.31 bits per heavy atom. The van der Waals surface area contributed by atoms with Crippen LogP contribution < -0.4 is 9.64 Å². The summed E-state index contributed by atoms with van der Waals surface area (Å²) in [4.78, 5) is 31.5. The van der Waals surface area contributed by atoms with E-state index >= 15 is 0 Å². The number of ether oxygens (including phenoxy) is 1. The summed E-state index contributed by atoms with van der Waals surface area (Å²) in [5.74, 6) is -2.91. The van der Waals surface area contributed by atoms with Crippen LogP contribution in [0.1, 0.15) is 49.4 Å². The quantitative estimate of drug-likeness (QED) is 0.277. The van der Waals surface area contributed by atoms with E-state index in [4.69, 9.17) is 21.3 Å². The number of imidazole rings is 1. The number of halogens is 3. The smallest absolute Gasteiger partial charge is 0.335 e. The molecule has 1 amide bonds. The van der Waals surface area contributed by atoms with Gasteiger partial charge in [-0.15, -0.1) is 0 Å². The van der Waals surface area contributed by atoms with Gasteiger partial charge in [-0.25, -0.2) is 18.6 Å². The van der Waals surface area contributed by atoms with Crippen molar-refractivity contribution in [2.45, 2.75) is 44.7 Å². The number of hydrogen-bond acceptors (Lipinski definition) is 4. The third kappa shape index (κ3) is 4.61. The van der Waals surface area contributed by atoms with Gasteiger partial charge in [-0.1, -0.05) is 18.0 Å². The molecule has 0 saturated heterocycles. The molecule has 7 nitrogen and oxygen atoms in total. The Kier molecular flexibility index (Phi) is 7.03. The number of carbonyl (C=O) groups is 2. The van der Waals surface area contributed by atoms with Crippen molar-refractivity contribution in [1.29, 1.82) is 0 Å². The maximum Gasteiger partial charge on any atom is 0.335 e. The average molecular weight is 554 g/mol. The van der Waals surface area contributed by atoms with E-state index in [0.717, 1.165) is 31.4 Å². The molecular weight excluding hydrogens is 528 g/mol. The van der Waals surface area contributed by atoms with E-state index < -0.39 is 23.3 Å². The third-order valence-corrected chi connectivity index (χ3v) is 7.52. The molecule has 10 heteroatoms. The normalized spacial score (nSPS) is 14.8. The number of anilines is 1. The second-order valence-corrected chi connectivity index (χ2v) is 10.1. The molecule has 1 aromatic heterocycles. The van der Waals surface area contributed by atoms with Crippen LogP contribution in [-0.2, 0) is 10.5 Å². The van der Waals surface area contributed by atoms with Gasteiger partial charge in [0.25, 0.3) is 0 Å². The highest BCUT2D eigenvalue weighted by Gasteiger charge is 2.45. The molecule has 0 unspecified atom stereocenters. The number of carbonyl (C=O) groups excluding carboxylic acids is 1. The molecule has 0 spiro atoms. The minimum atomic E-state index is -1.13. The van der Waals surface area contributed by atoms with E-state index in [9.17, 15) is 23.5 Å². The van der Waals surface area contributed by atoms with Gasteiger partial charge in [-0.05, 0) is 68.1 Å². The number of carboxylic acids is 1. The highest BCUT2D eigenvalue weighted by Crippen LogP contribution is 2.47. The highest BCUT2D eigenvalue weighted by atomic mass is 35.5. The zero-order valence-corrected chi connectivity index (χ0v) is 22.1. The van der Waals surface area contributed by atoms with E-state index in [1.54, 1.807) is 35.2 Å². The summed E-state index contributed by atoms with van der Waals surface area (Å²) < 4.78 is 36.5. The fraction of sp³-hybridized carbons (Fsp3) is 0.276. The number of methoxy groups -OCH3 is 1. The predicted molar refractivity (Wildman–Crippen MR) is 144 cm³/mol. The third-order valence-electron chi connectivity index (χ3n) is 7.27. The molecule has 39 heavy (non-hydrogen) atoms. The van der Waals surface area contributed by atoms with Crippen molar-refractivity contribution in [3.05, 3.63) is 76.8 Å². The molecule has 1 fully saturated rings. The average Bonchev–Trinajstić information content (AvgIpc) is 3.28. The van der Waals surface area contributed by atoms with Crippen molar-refractivity contribution in [3.8, 4) is 17.1 Å². The largest absolute Gasteiger partial charge is 0.495 e. The number of aromatic carboxylic acids is 1. The van der Waals surface area contributed by atoms with Gasteiger partial charge in [0.05, 0.1) is 29.4 Å². The van der Waals surface area contributed by atoms with Crippen LogP contribution in [0, 0.1) is 11.6 Å². The molecule has 1 aliphatic rings. The Morgan fingerprint density at radius 1 is 1.03 bits per heavy atom. The zero-order valence-electron chi connectivity index (χ0n) is 21.4. The van der Waals surface area contributed by atoms with Gasteiger partial charge in [-0.3, -0.25) is 14.3 Å². The molecule has 1 heterocycles. The van der Waals surface area contributed by atoms with Crippen molar-refractivity contribution < 1.29 is 28.2 Å². The fourth-order valence-electron chi connectivity index (χ4n) is 5.63. The lowest BCUT2D eigenvalue weighted by Crippen LogP contribution is -2.54. The topological polar surface area (TPSA) is 84.7 Å². The first-order chi connectivity index (χ1) is 18.7. The molecule has 202 valence electrons. The monoisotopic (exact) mass is 553 g/mol. The summed E-state index contributed by atoms with van der Waals surface area (Å²) in [6.07, 6.45) is 3.41. The molecule has 0 aliphatic heterocycles. The lowest BCUT2D eigenvalue weighted by molar-refractivity contribution is -0.119. The Bertz CT molecular complexity index is 1580. The van der Waals surface area contributed by atoms with E-state index in [0.29, 0.717) is 40.5 Å². The molecule has 5 rings (SSSR count). The van der Waals surface area contributed by atoms with Gasteiger partial charge in [0.1, 0.15) is 17.2 Å². The van der Waals surface area contributed by atoms with Crippen LogP contribution in [0.15, 0.2) is 54.6 Å². The molecule has 0 radical (unpaired) electrons. The van der Waals surface area contributed by atoms with Crippen molar-refractivity contribution >= 4 is 40.2 Å². The molecule has 1 saturated carbocycles. The van der Waals surface area contributed by atoms with Crippen LogP contribution in [0.4, 0.5) is 14.5 Å². The van der Waals surface area contributed by atoms with E-state index in [2.05, 4.69) is 0 Å². The van der Waals surface area contributed by atoms with Crippen LogP contribution in [-0.4, -0.2) is 33.6 Å². The number of fused-ring (bicyclic) bond motifs is 1. The molecule has 0 atom stereocenters. The fourth-order valence-corrected chi connectivity index (χ4v) is 5.76. The second kappa shape index (κ2) is 10.3. The highest BCUT2D eigenvalue weighted by molar-refractivity contribution is 6.30. The van der Waals surface area contributed by atoms with E-state index in [1.807, 2.05) is 4.57 Å². The Labute approximate surface area is 228 Å². The maximum atomic E-state index is 14.7. The van der Waals surface area contributed by atoms with Crippen LogP contribution in [0.5, 0.6) is 5.75 Å². The minimum absolute atomic E-state index is 0.00396. The van der Waals surface area contributed by atoms with Crippen LogP contribution in [0.25, 0.3) is 22.4 Å². The maximum absolute atomic E-state index is 14.7. The van der Waals surface area contributed by atoms with Gasteiger partial charge < -0.3 is 9.84 Å². The predicted octanol–water partition coefficient (Wildman–Crippen LogP) is 7.01. The van der Waals surface area contributed by atoms with Crippen LogP contribution >= 0.6 is 11.6 Å². The summed E-state index contributed by atoms with van der Waals surface area (Å²) in [5.41, 5.74) is 0.496. The van der Waals surface area contributed by atoms with Gasteiger partial charge in [0, 0.05) is 29.6 Å². The summed E-state index contributed by atoms with van der Waals surface area (Å²) >= 11 is 6.14. The van der Waals surface area contributed by atoms with Crippen molar-refractivity contribution in [3.63, 3.8) is 0 Å². The Hall–Kier alpha value is -3.98. The molecule has 1 aliphatic carbocycles. The lowest BCUT2D eigenvalue weighted by atomic mass is 9.85. The number of rotatable bonds is 6. The summed E-state index contributed by atoms with van der Waals surface area (Å²) in [6, 6.07) is 13.4. The number of hydrogen-bond donors (Lipinski definition) is 1. The number of carboxylic acid groups (broad SMARTS) is 1. The molecular formula is C29H26ClF2N3O4. The van der Waals surface area contributed by atoms with Crippen molar-refractivity contribution in [2.24, 2.45) is 0 Å². The van der Waals surface area contributed by atoms with Crippen LogP contribution in [0.3, 0.4) is 0 Å². The molecule has 3 aromatic carbocycles. The second-order valence-electron chi connectivity index (χ2n) is 9.62. The lowest BCUT2D eigenvalue weighted by Gasteiger charge is -2.48. The standard InChI is InChI=1S/C29H26ClF2N3O4/c1-17(36)34(24-11-8-19(28(37)38)14-26(24)39-2)29(12-4-3-5-13-29)35-25-16-22(32)21(31)15-23(25)33-27(35)18-6-9-20(30)10-7-18/h6-11,14-16H,3-5,12-13H2,1-2H3,(H,37,38). The van der Waals surface area contributed by atoms with Crippen LogP contribution in [0.2, 0.25) is 5.02 Å². The van der Waals surface area contributed by atoms with E-state index in [-0.39, 0.29) is 22.7 Å². The Morgan fingerprint density at radius 2 is 1.69 bits per heavy atom. The first-order valence-corrected chi connectivity index (χ1v) is 12.9.